The van der Waals surface area contributed by atoms with Gasteiger partial charge in [0.15, 0.2) is 0 Å². The lowest BCUT2D eigenvalue weighted by Gasteiger charge is -2.18. The maximum atomic E-state index is 12.5. The van der Waals surface area contributed by atoms with E-state index in [-0.39, 0.29) is 15.1 Å². The van der Waals surface area contributed by atoms with Crippen LogP contribution in [0.2, 0.25) is 0 Å². The van der Waals surface area contributed by atoms with Crippen LogP contribution in [0.15, 0.2) is 35.5 Å². The van der Waals surface area contributed by atoms with Crippen molar-refractivity contribution in [3.05, 3.63) is 35.5 Å². The quantitative estimate of drug-likeness (QED) is 0.443. The second-order valence-corrected chi connectivity index (χ2v) is 9.98. The molecule has 4 atom stereocenters. The van der Waals surface area contributed by atoms with E-state index in [1.165, 1.54) is 12.8 Å². The second kappa shape index (κ2) is 4.17. The molecule has 0 aromatic carbocycles. The van der Waals surface area contributed by atoms with E-state index in [0.717, 1.165) is 24.7 Å². The van der Waals surface area contributed by atoms with Crippen LogP contribution in [0.1, 0.15) is 25.7 Å². The van der Waals surface area contributed by atoms with E-state index >= 15 is 0 Å². The summed E-state index contributed by atoms with van der Waals surface area (Å²) in [7, 11) is 0. The number of fused-ring (bicyclic) bond motifs is 3. The van der Waals surface area contributed by atoms with E-state index in [4.69, 9.17) is 0 Å². The number of allylic oxidation sites excluding steroid dienone is 6. The van der Waals surface area contributed by atoms with E-state index in [1.807, 2.05) is 0 Å². The summed E-state index contributed by atoms with van der Waals surface area (Å²) < 4.78 is 0.174. The summed E-state index contributed by atoms with van der Waals surface area (Å²) in [6.07, 6.45) is 12.6. The number of rotatable bonds is 0. The Morgan fingerprint density at radius 2 is 1.37 bits per heavy atom. The summed E-state index contributed by atoms with van der Waals surface area (Å²) in [6.45, 7) is 0. The molecule has 0 radical (unpaired) electrons. The van der Waals surface area contributed by atoms with Gasteiger partial charge < -0.3 is 0 Å². The zero-order valence-electron chi connectivity index (χ0n) is 10.6. The van der Waals surface area contributed by atoms with Gasteiger partial charge >= 0.3 is 0 Å². The van der Waals surface area contributed by atoms with Crippen LogP contribution in [0.4, 0.5) is 0 Å². The maximum Gasteiger partial charge on any atom is 0.147 e. The molecule has 0 heterocycles. The van der Waals surface area contributed by atoms with Gasteiger partial charge in [-0.25, -0.2) is 0 Å². The average molecular weight is 384 g/mol. The molecule has 19 heavy (non-hydrogen) atoms. The topological polar surface area (TPSA) is 17.1 Å². The van der Waals surface area contributed by atoms with Crippen molar-refractivity contribution in [2.75, 3.05) is 0 Å². The van der Waals surface area contributed by atoms with Crippen molar-refractivity contribution in [1.29, 1.82) is 0 Å². The number of hydrogen-bond donors (Lipinski definition) is 0. The van der Waals surface area contributed by atoms with Crippen molar-refractivity contribution < 1.29 is 4.79 Å². The number of ketones is 1. The lowest BCUT2D eigenvalue weighted by atomic mass is 9.86. The Bertz CT molecular complexity index is 497. The molecule has 0 amide bonds. The Labute approximate surface area is 130 Å². The molecule has 0 unspecified atom stereocenters. The number of Topliss-reactive ketones (excluding diaryl/α,β-unsaturated/α-hetero) is 1. The largest absolute Gasteiger partial charge is 0.298 e. The highest BCUT2D eigenvalue weighted by Crippen LogP contribution is 2.69. The standard InChI is InChI=1S/C16H16Br2O/c17-16(18)13-7-11-5-9-3-1-2-4-10(15(9)19)6-12(11)8-14(13)16/h1-4,9-10,13-14H,5-8H2/t9-,10+,13-,14+. The Kier molecular flexibility index (Phi) is 2.76. The predicted molar refractivity (Wildman–Crippen MR) is 83.3 cm³/mol. The lowest BCUT2D eigenvalue weighted by Crippen LogP contribution is -2.18. The molecule has 0 aromatic heterocycles. The molecule has 0 spiro atoms. The molecular weight excluding hydrogens is 368 g/mol. The third kappa shape index (κ3) is 1.88. The number of halogens is 2. The molecule has 0 aliphatic heterocycles. The molecule has 1 nitrogen and oxygen atoms in total. The first kappa shape index (κ1) is 12.6. The molecule has 2 bridgehead atoms. The third-order valence-electron chi connectivity index (χ3n) is 5.26. The molecule has 3 heteroatoms. The van der Waals surface area contributed by atoms with E-state index in [9.17, 15) is 4.79 Å². The van der Waals surface area contributed by atoms with Gasteiger partial charge in [0.25, 0.3) is 0 Å². The Morgan fingerprint density at radius 3 is 1.84 bits per heavy atom. The smallest absolute Gasteiger partial charge is 0.147 e. The normalized spacial score (nSPS) is 42.3. The summed E-state index contributed by atoms with van der Waals surface area (Å²) >= 11 is 7.63. The predicted octanol–water partition coefficient (Wildman–Crippen LogP) is 4.53. The molecule has 4 rings (SSSR count). The Morgan fingerprint density at radius 1 is 0.895 bits per heavy atom. The molecular formula is C16H16Br2O. The molecule has 0 aromatic rings. The Hall–Kier alpha value is -0.150. The van der Waals surface area contributed by atoms with Crippen LogP contribution in [-0.2, 0) is 4.79 Å². The molecule has 0 N–H and O–H groups in total. The van der Waals surface area contributed by atoms with Gasteiger partial charge in [-0.3, -0.25) is 4.79 Å². The van der Waals surface area contributed by atoms with Gasteiger partial charge in [-0.2, -0.15) is 0 Å². The van der Waals surface area contributed by atoms with Crippen molar-refractivity contribution in [2.45, 2.75) is 28.9 Å². The number of carbonyl (C=O) groups excluding carboxylic acids is 1. The Balaban J connectivity index is 1.67. The first-order valence-electron chi connectivity index (χ1n) is 7.03. The van der Waals surface area contributed by atoms with Crippen LogP contribution in [0, 0.1) is 23.7 Å². The minimum atomic E-state index is 0.114. The van der Waals surface area contributed by atoms with Gasteiger partial charge in [0.2, 0.25) is 0 Å². The number of carbonyl (C=O) groups is 1. The molecule has 0 saturated heterocycles. The van der Waals surface area contributed by atoms with Crippen LogP contribution >= 0.6 is 31.9 Å². The minimum absolute atomic E-state index is 0.114. The highest BCUT2D eigenvalue weighted by Gasteiger charge is 2.63. The highest BCUT2D eigenvalue weighted by molar-refractivity contribution is 9.25. The zero-order chi connectivity index (χ0) is 13.2. The van der Waals surface area contributed by atoms with Crippen LogP contribution in [0.5, 0.6) is 0 Å². The van der Waals surface area contributed by atoms with Gasteiger partial charge in [-0.1, -0.05) is 67.3 Å². The molecule has 1 fully saturated rings. The minimum Gasteiger partial charge on any atom is -0.298 e. The van der Waals surface area contributed by atoms with E-state index in [1.54, 1.807) is 11.1 Å². The van der Waals surface area contributed by atoms with Crippen molar-refractivity contribution in [2.24, 2.45) is 23.7 Å². The summed E-state index contributed by atoms with van der Waals surface area (Å²) in [4.78, 5) is 12.5. The van der Waals surface area contributed by atoms with Gasteiger partial charge in [-0.15, -0.1) is 0 Å². The maximum absolute atomic E-state index is 12.5. The molecule has 4 aliphatic carbocycles. The van der Waals surface area contributed by atoms with Crippen LogP contribution in [0.3, 0.4) is 0 Å². The summed E-state index contributed by atoms with van der Waals surface area (Å²) in [6, 6.07) is 0. The van der Waals surface area contributed by atoms with E-state index in [2.05, 4.69) is 56.2 Å². The first-order chi connectivity index (χ1) is 9.07. The molecule has 100 valence electrons. The number of alkyl halides is 2. The van der Waals surface area contributed by atoms with E-state index < -0.39 is 0 Å². The van der Waals surface area contributed by atoms with Crippen LogP contribution < -0.4 is 0 Å². The fourth-order valence-corrected chi connectivity index (χ4v) is 5.68. The number of hydrogen-bond acceptors (Lipinski definition) is 1. The SMILES string of the molecule is O=C1[C@@H]2C=CC=C[C@H]1CC1=C(C2)C[C@@H]2[C@H](C1)C2(Br)Br. The summed E-state index contributed by atoms with van der Waals surface area (Å²) in [5.74, 6) is 2.10. The lowest BCUT2D eigenvalue weighted by molar-refractivity contribution is -0.123. The summed E-state index contributed by atoms with van der Waals surface area (Å²) in [5, 5.41) is 0. The van der Waals surface area contributed by atoms with Crippen LogP contribution in [0.25, 0.3) is 0 Å². The second-order valence-electron chi connectivity index (χ2n) is 6.30. The zero-order valence-corrected chi connectivity index (χ0v) is 13.8. The van der Waals surface area contributed by atoms with Gasteiger partial charge in [-0.05, 0) is 37.5 Å². The first-order valence-corrected chi connectivity index (χ1v) is 8.62. The van der Waals surface area contributed by atoms with Crippen molar-refractivity contribution in [1.82, 2.24) is 0 Å². The van der Waals surface area contributed by atoms with Gasteiger partial charge in [0, 0.05) is 11.8 Å². The highest BCUT2D eigenvalue weighted by atomic mass is 79.9. The molecule has 1 saturated carbocycles. The van der Waals surface area contributed by atoms with Crippen molar-refractivity contribution >= 4 is 37.6 Å². The van der Waals surface area contributed by atoms with Crippen molar-refractivity contribution in [3.63, 3.8) is 0 Å². The van der Waals surface area contributed by atoms with E-state index in [0.29, 0.717) is 5.78 Å². The van der Waals surface area contributed by atoms with Gasteiger partial charge in [0.05, 0.1) is 3.23 Å². The molecule has 4 aliphatic rings. The fourth-order valence-electron chi connectivity index (χ4n) is 4.02. The monoisotopic (exact) mass is 382 g/mol. The van der Waals surface area contributed by atoms with Crippen LogP contribution in [-0.4, -0.2) is 9.02 Å². The fraction of sp³-hybridized carbons (Fsp3) is 0.562. The average Bonchev–Trinajstić information content (AvgIpc) is 3.00. The third-order valence-corrected chi connectivity index (χ3v) is 7.61. The van der Waals surface area contributed by atoms with Crippen molar-refractivity contribution in [3.8, 4) is 0 Å². The summed E-state index contributed by atoms with van der Waals surface area (Å²) in [5.41, 5.74) is 3.14. The van der Waals surface area contributed by atoms with Gasteiger partial charge in [0.1, 0.15) is 5.78 Å².